The molecule has 9 heteroatoms. The summed E-state index contributed by atoms with van der Waals surface area (Å²) < 4.78 is 26.1. The molecule has 2 aliphatic carbocycles. The Hall–Kier alpha value is -3.62. The lowest BCUT2D eigenvalue weighted by Gasteiger charge is -2.38. The predicted molar refractivity (Wildman–Crippen MR) is 150 cm³/mol. The molecule has 0 aromatic heterocycles. The zero-order valence-electron chi connectivity index (χ0n) is 23.9. The normalized spacial score (nSPS) is 21.6. The summed E-state index contributed by atoms with van der Waals surface area (Å²) in [5.74, 6) is -2.47. The van der Waals surface area contributed by atoms with Crippen molar-refractivity contribution in [1.82, 2.24) is 5.32 Å². The molecular formula is C31H39FN2O6. The van der Waals surface area contributed by atoms with Crippen molar-refractivity contribution in [3.8, 4) is 11.5 Å². The van der Waals surface area contributed by atoms with E-state index in [-0.39, 0.29) is 34.5 Å². The van der Waals surface area contributed by atoms with Crippen LogP contribution >= 0.6 is 0 Å². The van der Waals surface area contributed by atoms with Gasteiger partial charge in [0, 0.05) is 12.6 Å². The van der Waals surface area contributed by atoms with Gasteiger partial charge in [-0.25, -0.2) is 4.39 Å². The van der Waals surface area contributed by atoms with Crippen molar-refractivity contribution in [2.75, 3.05) is 19.0 Å². The molecule has 4 rings (SSSR count). The highest BCUT2D eigenvalue weighted by Gasteiger charge is 2.38. The Bertz CT molecular complexity index is 1310. The van der Waals surface area contributed by atoms with Crippen molar-refractivity contribution in [2.45, 2.75) is 78.7 Å². The van der Waals surface area contributed by atoms with Gasteiger partial charge in [0.1, 0.15) is 5.75 Å². The summed E-state index contributed by atoms with van der Waals surface area (Å²) in [6, 6.07) is 5.91. The maximum Gasteiger partial charge on any atom is 0.309 e. The first-order valence-electron chi connectivity index (χ1n) is 13.8. The number of aryl methyl sites for hydroxylation is 2. The molecule has 40 heavy (non-hydrogen) atoms. The topological polar surface area (TPSA) is 114 Å². The van der Waals surface area contributed by atoms with E-state index < -0.39 is 23.1 Å². The highest BCUT2D eigenvalue weighted by atomic mass is 19.1. The summed E-state index contributed by atoms with van der Waals surface area (Å²) >= 11 is 0. The van der Waals surface area contributed by atoms with Gasteiger partial charge in [-0.05, 0) is 94.0 Å². The number of carboxylic acids is 1. The van der Waals surface area contributed by atoms with Crippen LogP contribution in [-0.4, -0.2) is 42.6 Å². The number of methoxy groups -OCH3 is 1. The van der Waals surface area contributed by atoms with E-state index in [9.17, 15) is 23.9 Å². The van der Waals surface area contributed by atoms with E-state index in [1.54, 1.807) is 19.1 Å². The molecule has 0 spiro atoms. The van der Waals surface area contributed by atoms with E-state index in [1.807, 2.05) is 13.8 Å². The molecule has 0 bridgehead atoms. The molecule has 2 aromatic carbocycles. The van der Waals surface area contributed by atoms with E-state index in [2.05, 4.69) is 17.6 Å². The molecule has 0 aliphatic heterocycles. The van der Waals surface area contributed by atoms with Crippen LogP contribution in [0, 0.1) is 30.5 Å². The quantitative estimate of drug-likeness (QED) is 0.349. The van der Waals surface area contributed by atoms with Crippen LogP contribution in [0.1, 0.15) is 90.6 Å². The Balaban J connectivity index is 1.55. The molecule has 0 atom stereocenters. The number of aliphatic carboxylic acids is 1. The van der Waals surface area contributed by atoms with Crippen LogP contribution in [0.15, 0.2) is 24.3 Å². The Morgan fingerprint density at radius 1 is 0.950 bits per heavy atom. The fourth-order valence-electron chi connectivity index (χ4n) is 5.35. The largest absolute Gasteiger partial charge is 0.496 e. The highest BCUT2D eigenvalue weighted by Crippen LogP contribution is 2.40. The third-order valence-corrected chi connectivity index (χ3v) is 8.71. The first kappa shape index (κ1) is 29.4. The summed E-state index contributed by atoms with van der Waals surface area (Å²) in [5, 5.41) is 15.3. The number of anilines is 1. The molecule has 3 N–H and O–H groups in total. The van der Waals surface area contributed by atoms with Crippen molar-refractivity contribution in [3.05, 3.63) is 52.3 Å². The molecule has 0 radical (unpaired) electrons. The number of hydrogen-bond acceptors (Lipinski definition) is 5. The lowest BCUT2D eigenvalue weighted by Crippen LogP contribution is -2.40. The minimum absolute atomic E-state index is 0.0252. The first-order chi connectivity index (χ1) is 18.8. The Morgan fingerprint density at radius 2 is 1.60 bits per heavy atom. The van der Waals surface area contributed by atoms with Crippen LogP contribution in [0.3, 0.4) is 0 Å². The number of rotatable bonds is 9. The molecule has 216 valence electrons. The lowest BCUT2D eigenvalue weighted by atomic mass is 9.70. The molecule has 2 fully saturated rings. The molecular weight excluding hydrogens is 515 g/mol. The number of carbonyl (C=O) groups is 3. The monoisotopic (exact) mass is 554 g/mol. The van der Waals surface area contributed by atoms with Gasteiger partial charge < -0.3 is 25.2 Å². The fraction of sp³-hybridized carbons (Fsp3) is 0.516. The van der Waals surface area contributed by atoms with Crippen molar-refractivity contribution in [3.63, 3.8) is 0 Å². The minimum Gasteiger partial charge on any atom is -0.496 e. The molecule has 2 aliphatic rings. The number of carboxylic acid groups (broad SMARTS) is 1. The van der Waals surface area contributed by atoms with Gasteiger partial charge in [0.25, 0.3) is 11.8 Å². The van der Waals surface area contributed by atoms with E-state index in [1.165, 1.54) is 13.2 Å². The first-order valence-corrected chi connectivity index (χ1v) is 13.8. The third-order valence-electron chi connectivity index (χ3n) is 8.71. The van der Waals surface area contributed by atoms with Crippen LogP contribution in [0.5, 0.6) is 11.5 Å². The second-order valence-corrected chi connectivity index (χ2v) is 11.9. The van der Waals surface area contributed by atoms with Gasteiger partial charge in [-0.2, -0.15) is 0 Å². The Kier molecular flexibility index (Phi) is 8.42. The zero-order chi connectivity index (χ0) is 29.2. The van der Waals surface area contributed by atoms with Crippen LogP contribution < -0.4 is 20.1 Å². The maximum absolute atomic E-state index is 14.9. The number of amides is 2. The smallest absolute Gasteiger partial charge is 0.309 e. The Labute approximate surface area is 234 Å². The summed E-state index contributed by atoms with van der Waals surface area (Å²) in [7, 11) is 1.34. The van der Waals surface area contributed by atoms with Gasteiger partial charge in [0.2, 0.25) is 0 Å². The van der Waals surface area contributed by atoms with Crippen LogP contribution in [0.4, 0.5) is 10.1 Å². The minimum atomic E-state index is -0.850. The molecule has 2 saturated carbocycles. The van der Waals surface area contributed by atoms with Crippen LogP contribution in [0.2, 0.25) is 0 Å². The molecule has 0 saturated heterocycles. The van der Waals surface area contributed by atoms with E-state index >= 15 is 0 Å². The maximum atomic E-state index is 14.9. The van der Waals surface area contributed by atoms with Gasteiger partial charge in [-0.3, -0.25) is 14.4 Å². The van der Waals surface area contributed by atoms with Crippen molar-refractivity contribution >= 4 is 23.5 Å². The van der Waals surface area contributed by atoms with Crippen molar-refractivity contribution in [2.24, 2.45) is 10.8 Å². The number of ether oxygens (including phenoxy) is 2. The summed E-state index contributed by atoms with van der Waals surface area (Å²) in [6.45, 7) is 8.22. The SMILES string of the molecule is COc1cc(F)c(O[C@H]2CC[C@@](C)(C(=O)O)CC2)cc1C(=O)Nc1cc(C)c(C)cc1C(=O)NCC1(C)CCC1. The van der Waals surface area contributed by atoms with E-state index in [0.717, 1.165) is 36.5 Å². The number of nitrogens with one attached hydrogen (secondary N) is 2. The second-order valence-electron chi connectivity index (χ2n) is 11.9. The number of halogens is 1. The third kappa shape index (κ3) is 6.24. The molecule has 0 heterocycles. The summed E-state index contributed by atoms with van der Waals surface area (Å²) in [5.41, 5.74) is 1.84. The zero-order valence-corrected chi connectivity index (χ0v) is 23.9. The van der Waals surface area contributed by atoms with Crippen molar-refractivity contribution in [1.29, 1.82) is 0 Å². The van der Waals surface area contributed by atoms with E-state index in [0.29, 0.717) is 43.5 Å². The summed E-state index contributed by atoms with van der Waals surface area (Å²) in [6.07, 6.45) is 4.65. The van der Waals surface area contributed by atoms with Crippen molar-refractivity contribution < 1.29 is 33.4 Å². The van der Waals surface area contributed by atoms with Gasteiger partial charge >= 0.3 is 5.97 Å². The average molecular weight is 555 g/mol. The van der Waals surface area contributed by atoms with Crippen LogP contribution in [-0.2, 0) is 4.79 Å². The Morgan fingerprint density at radius 3 is 2.17 bits per heavy atom. The number of carbonyl (C=O) groups excluding carboxylic acids is 2. The predicted octanol–water partition coefficient (Wildman–Crippen LogP) is 6.04. The molecule has 2 amide bonds. The standard InChI is InChI=1S/C31H39FN2O6/c1-18-13-21(27(35)33-17-30(3)9-6-10-30)24(14-19(18)2)34-28(36)22-15-26(23(32)16-25(22)39-5)40-20-7-11-31(4,12-8-20)29(37)38/h13-16,20H,6-12,17H2,1-5H3,(H,33,35)(H,34,36)(H,37,38)/t20-,31+. The molecule has 2 aromatic rings. The van der Waals surface area contributed by atoms with Gasteiger partial charge in [-0.15, -0.1) is 0 Å². The van der Waals surface area contributed by atoms with E-state index in [4.69, 9.17) is 9.47 Å². The lowest BCUT2D eigenvalue weighted by molar-refractivity contribution is -0.150. The second kappa shape index (κ2) is 11.5. The van der Waals surface area contributed by atoms with Gasteiger partial charge in [0.15, 0.2) is 11.6 Å². The number of benzene rings is 2. The van der Waals surface area contributed by atoms with Crippen LogP contribution in [0.25, 0.3) is 0 Å². The molecule has 8 nitrogen and oxygen atoms in total. The average Bonchev–Trinajstić information content (AvgIpc) is 2.90. The van der Waals surface area contributed by atoms with Gasteiger partial charge in [-0.1, -0.05) is 13.3 Å². The highest BCUT2D eigenvalue weighted by molar-refractivity contribution is 6.10. The fourth-order valence-corrected chi connectivity index (χ4v) is 5.35. The number of hydrogen-bond donors (Lipinski definition) is 3. The summed E-state index contributed by atoms with van der Waals surface area (Å²) in [4.78, 5) is 38.2. The molecule has 0 unspecified atom stereocenters. The van der Waals surface area contributed by atoms with Gasteiger partial charge in [0.05, 0.1) is 35.4 Å².